The predicted molar refractivity (Wildman–Crippen MR) is 71.6 cm³/mol. The Kier molecular flexibility index (Phi) is 2.67. The van der Waals surface area contributed by atoms with Crippen molar-refractivity contribution >= 4 is 33.0 Å². The second kappa shape index (κ2) is 4.18. The molecule has 0 bridgehead atoms. The van der Waals surface area contributed by atoms with Crippen LogP contribution in [0.15, 0.2) is 46.4 Å². The van der Waals surface area contributed by atoms with Gasteiger partial charge in [0.1, 0.15) is 0 Å². The highest BCUT2D eigenvalue weighted by Gasteiger charge is 2.17. The lowest BCUT2D eigenvalue weighted by Crippen LogP contribution is -2.11. The number of nitrogens with two attached hydrogens (primary N) is 1. The molecule has 4 heteroatoms. The zero-order valence-corrected chi connectivity index (χ0v) is 10.5. The second-order valence-electron chi connectivity index (χ2n) is 3.81. The van der Waals surface area contributed by atoms with E-state index in [1.54, 1.807) is 17.6 Å². The fourth-order valence-electron chi connectivity index (χ4n) is 1.96. The largest absolute Gasteiger partial charge is 0.453 e. The summed E-state index contributed by atoms with van der Waals surface area (Å²) in [6.07, 6.45) is 1.56. The van der Waals surface area contributed by atoms with Crippen molar-refractivity contribution in [1.82, 2.24) is 0 Å². The molecule has 2 heterocycles. The molecule has 2 N–H and O–H groups in total. The first-order valence-corrected chi connectivity index (χ1v) is 6.47. The monoisotopic (exact) mass is 263 g/mol. The van der Waals surface area contributed by atoms with Crippen molar-refractivity contribution in [2.24, 2.45) is 5.73 Å². The van der Waals surface area contributed by atoms with Crippen LogP contribution in [0.3, 0.4) is 0 Å². The Bertz CT molecular complexity index is 658. The lowest BCUT2D eigenvalue weighted by Gasteiger charge is -2.11. The van der Waals surface area contributed by atoms with Crippen molar-refractivity contribution < 1.29 is 4.42 Å². The van der Waals surface area contributed by atoms with Crippen LogP contribution in [0.4, 0.5) is 0 Å². The summed E-state index contributed by atoms with van der Waals surface area (Å²) >= 11 is 7.66. The summed E-state index contributed by atoms with van der Waals surface area (Å²) in [7, 11) is 0. The Labute approximate surface area is 108 Å². The van der Waals surface area contributed by atoms with Gasteiger partial charge in [-0.3, -0.25) is 0 Å². The van der Waals surface area contributed by atoms with E-state index in [0.717, 1.165) is 11.1 Å². The SMILES string of the molecule is NC(c1ccoc1Cl)c1cccc2ccsc12. The standard InChI is InChI=1S/C13H10ClNOS/c14-13-10(4-6-16-13)11(15)9-3-1-2-8-5-7-17-12(8)9/h1-7,11H,15H2. The van der Waals surface area contributed by atoms with E-state index in [0.29, 0.717) is 5.22 Å². The average Bonchev–Trinajstić information content (AvgIpc) is 2.95. The predicted octanol–water partition coefficient (Wildman–Crippen LogP) is 4.20. The number of benzene rings is 1. The van der Waals surface area contributed by atoms with Crippen molar-refractivity contribution in [3.63, 3.8) is 0 Å². The van der Waals surface area contributed by atoms with Crippen LogP contribution in [0.1, 0.15) is 17.2 Å². The van der Waals surface area contributed by atoms with Gasteiger partial charge in [0.15, 0.2) is 5.22 Å². The molecule has 17 heavy (non-hydrogen) atoms. The van der Waals surface area contributed by atoms with Crippen LogP contribution in [0.2, 0.25) is 5.22 Å². The van der Waals surface area contributed by atoms with Gasteiger partial charge < -0.3 is 10.2 Å². The maximum Gasteiger partial charge on any atom is 0.198 e. The van der Waals surface area contributed by atoms with Crippen LogP contribution < -0.4 is 5.73 Å². The summed E-state index contributed by atoms with van der Waals surface area (Å²) in [4.78, 5) is 0. The van der Waals surface area contributed by atoms with Gasteiger partial charge in [-0.15, -0.1) is 11.3 Å². The molecular formula is C13H10ClNOS. The summed E-state index contributed by atoms with van der Waals surface area (Å²) in [5, 5.41) is 3.64. The third-order valence-electron chi connectivity index (χ3n) is 2.83. The molecule has 1 aromatic carbocycles. The number of thiophene rings is 1. The van der Waals surface area contributed by atoms with E-state index in [2.05, 4.69) is 17.5 Å². The Hall–Kier alpha value is -1.29. The van der Waals surface area contributed by atoms with Gasteiger partial charge in [-0.2, -0.15) is 0 Å². The molecule has 2 nitrogen and oxygen atoms in total. The minimum absolute atomic E-state index is 0.247. The molecule has 2 aromatic heterocycles. The average molecular weight is 264 g/mol. The lowest BCUT2D eigenvalue weighted by atomic mass is 10.0. The van der Waals surface area contributed by atoms with Gasteiger partial charge in [0.2, 0.25) is 0 Å². The first kappa shape index (κ1) is 10.8. The zero-order valence-electron chi connectivity index (χ0n) is 8.89. The van der Waals surface area contributed by atoms with Gasteiger partial charge in [0, 0.05) is 10.3 Å². The Morgan fingerprint density at radius 3 is 2.82 bits per heavy atom. The quantitative estimate of drug-likeness (QED) is 0.753. The van der Waals surface area contributed by atoms with Crippen molar-refractivity contribution in [3.8, 4) is 0 Å². The van der Waals surface area contributed by atoms with Crippen molar-refractivity contribution in [2.45, 2.75) is 6.04 Å². The number of hydrogen-bond acceptors (Lipinski definition) is 3. The molecule has 0 spiro atoms. The molecule has 0 aliphatic rings. The van der Waals surface area contributed by atoms with E-state index < -0.39 is 0 Å². The van der Waals surface area contributed by atoms with Gasteiger partial charge in [-0.1, -0.05) is 18.2 Å². The summed E-state index contributed by atoms with van der Waals surface area (Å²) < 4.78 is 6.30. The van der Waals surface area contributed by atoms with E-state index >= 15 is 0 Å². The molecule has 3 aromatic rings. The highest BCUT2D eigenvalue weighted by atomic mass is 35.5. The molecule has 1 atom stereocenters. The van der Waals surface area contributed by atoms with Crippen molar-refractivity contribution in [1.29, 1.82) is 0 Å². The van der Waals surface area contributed by atoms with Gasteiger partial charge >= 0.3 is 0 Å². The van der Waals surface area contributed by atoms with Crippen LogP contribution in [0.5, 0.6) is 0 Å². The van der Waals surface area contributed by atoms with Gasteiger partial charge in [-0.05, 0) is 40.1 Å². The molecule has 0 aliphatic heterocycles. The minimum Gasteiger partial charge on any atom is -0.453 e. The summed E-state index contributed by atoms with van der Waals surface area (Å²) in [5.74, 6) is 0. The lowest BCUT2D eigenvalue weighted by molar-refractivity contribution is 0.564. The number of halogens is 1. The van der Waals surface area contributed by atoms with E-state index in [9.17, 15) is 0 Å². The summed E-state index contributed by atoms with van der Waals surface area (Å²) in [6, 6.07) is 9.79. The molecular weight excluding hydrogens is 254 g/mol. The molecule has 0 fully saturated rings. The maximum atomic E-state index is 6.25. The van der Waals surface area contributed by atoms with Gasteiger partial charge in [0.25, 0.3) is 0 Å². The summed E-state index contributed by atoms with van der Waals surface area (Å²) in [5.41, 5.74) is 8.16. The molecule has 0 saturated carbocycles. The molecule has 0 amide bonds. The molecule has 0 saturated heterocycles. The van der Waals surface area contributed by atoms with Crippen LogP contribution in [-0.4, -0.2) is 0 Å². The zero-order chi connectivity index (χ0) is 11.8. The fraction of sp³-hybridized carbons (Fsp3) is 0.0769. The first-order valence-electron chi connectivity index (χ1n) is 5.22. The van der Waals surface area contributed by atoms with Crippen LogP contribution in [0, 0.1) is 0 Å². The Morgan fingerprint density at radius 2 is 2.06 bits per heavy atom. The molecule has 3 rings (SSSR count). The van der Waals surface area contributed by atoms with E-state index in [-0.39, 0.29) is 6.04 Å². The minimum atomic E-state index is -0.247. The van der Waals surface area contributed by atoms with Crippen LogP contribution in [-0.2, 0) is 0 Å². The maximum absolute atomic E-state index is 6.25. The van der Waals surface area contributed by atoms with E-state index in [1.807, 2.05) is 18.2 Å². The number of furan rings is 1. The molecule has 1 unspecified atom stereocenters. The number of hydrogen-bond donors (Lipinski definition) is 1. The van der Waals surface area contributed by atoms with Crippen molar-refractivity contribution in [3.05, 3.63) is 58.3 Å². The normalized spacial score (nSPS) is 13.1. The van der Waals surface area contributed by atoms with Crippen molar-refractivity contribution in [2.75, 3.05) is 0 Å². The smallest absolute Gasteiger partial charge is 0.198 e. The third kappa shape index (κ3) is 1.76. The van der Waals surface area contributed by atoms with Gasteiger partial charge in [-0.25, -0.2) is 0 Å². The topological polar surface area (TPSA) is 39.2 Å². The van der Waals surface area contributed by atoms with Crippen LogP contribution >= 0.6 is 22.9 Å². The number of fused-ring (bicyclic) bond motifs is 1. The highest BCUT2D eigenvalue weighted by Crippen LogP contribution is 2.33. The third-order valence-corrected chi connectivity index (χ3v) is 4.11. The van der Waals surface area contributed by atoms with Gasteiger partial charge in [0.05, 0.1) is 12.3 Å². The summed E-state index contributed by atoms with van der Waals surface area (Å²) in [6.45, 7) is 0. The first-order chi connectivity index (χ1) is 8.27. The number of rotatable bonds is 2. The van der Waals surface area contributed by atoms with E-state index in [1.165, 1.54) is 10.1 Å². The second-order valence-corrected chi connectivity index (χ2v) is 5.07. The Balaban J connectivity index is 2.15. The Morgan fingerprint density at radius 1 is 1.18 bits per heavy atom. The highest BCUT2D eigenvalue weighted by molar-refractivity contribution is 7.17. The van der Waals surface area contributed by atoms with E-state index in [4.69, 9.17) is 21.8 Å². The molecule has 0 aliphatic carbocycles. The molecule has 0 radical (unpaired) electrons. The molecule has 86 valence electrons. The fourth-order valence-corrected chi connectivity index (χ4v) is 3.14. The van der Waals surface area contributed by atoms with Crippen LogP contribution in [0.25, 0.3) is 10.1 Å².